The molecule has 7 heteroatoms. The Balaban J connectivity index is 2.15. The molecule has 0 radical (unpaired) electrons. The van der Waals surface area contributed by atoms with Gasteiger partial charge in [0.1, 0.15) is 12.3 Å². The van der Waals surface area contributed by atoms with Gasteiger partial charge in [-0.2, -0.15) is 0 Å². The van der Waals surface area contributed by atoms with Crippen LogP contribution in [0.2, 0.25) is 0 Å². The molecule has 0 aromatic heterocycles. The molecule has 0 bridgehead atoms. The van der Waals surface area contributed by atoms with E-state index in [1.54, 1.807) is 12.1 Å². The van der Waals surface area contributed by atoms with Gasteiger partial charge in [0.2, 0.25) is 0 Å². The predicted molar refractivity (Wildman–Crippen MR) is 72.0 cm³/mol. The summed E-state index contributed by atoms with van der Waals surface area (Å²) in [7, 11) is -2.22. The lowest BCUT2D eigenvalue weighted by Gasteiger charge is -2.42. The van der Waals surface area contributed by atoms with E-state index < -0.39 is 33.0 Å². The number of carbonyl (C=O) groups is 2. The number of hydrogen-bond acceptors (Lipinski definition) is 5. The Labute approximate surface area is 117 Å². The molecule has 108 valence electrons. The fourth-order valence-electron chi connectivity index (χ4n) is 1.91. The molecule has 2 rings (SSSR count). The Hall–Kier alpha value is -1.89. The van der Waals surface area contributed by atoms with Gasteiger partial charge >= 0.3 is 0 Å². The maximum Gasteiger partial charge on any atom is 0.259 e. The van der Waals surface area contributed by atoms with Crippen molar-refractivity contribution in [1.82, 2.24) is 4.31 Å². The molecule has 1 aromatic rings. The molecule has 1 heterocycles. The van der Waals surface area contributed by atoms with Gasteiger partial charge < -0.3 is 4.74 Å². The van der Waals surface area contributed by atoms with Crippen LogP contribution in [-0.4, -0.2) is 42.8 Å². The third-order valence-electron chi connectivity index (χ3n) is 3.38. The summed E-state index contributed by atoms with van der Waals surface area (Å²) >= 11 is 0. The molecule has 0 atom stereocenters. The Morgan fingerprint density at radius 3 is 2.25 bits per heavy atom. The lowest BCUT2D eigenvalue weighted by Crippen LogP contribution is -2.68. The number of ether oxygens (including phenoxy) is 1. The Bertz CT molecular complexity index is 661. The third-order valence-corrected chi connectivity index (χ3v) is 5.72. The fraction of sp³-hybridized carbons (Fsp3) is 0.385. The van der Waals surface area contributed by atoms with Crippen molar-refractivity contribution in [3.63, 3.8) is 0 Å². The van der Waals surface area contributed by atoms with Crippen molar-refractivity contribution in [2.75, 3.05) is 13.7 Å². The fourth-order valence-corrected chi connectivity index (χ4v) is 3.40. The molecule has 0 saturated carbocycles. The number of benzene rings is 1. The largest absolute Gasteiger partial charge is 0.497 e. The zero-order chi connectivity index (χ0) is 15.1. The van der Waals surface area contributed by atoms with E-state index in [4.69, 9.17) is 4.74 Å². The summed E-state index contributed by atoms with van der Waals surface area (Å²) in [6.07, 6.45) is 0. The number of sulfonamides is 1. The van der Waals surface area contributed by atoms with Crippen molar-refractivity contribution >= 4 is 21.7 Å². The molecule has 1 aromatic carbocycles. The van der Waals surface area contributed by atoms with Gasteiger partial charge in [-0.1, -0.05) is 0 Å². The maximum absolute atomic E-state index is 12.0. The summed E-state index contributed by atoms with van der Waals surface area (Å²) in [6, 6.07) is 6.26. The summed E-state index contributed by atoms with van der Waals surface area (Å²) in [5, 5.41) is 0. The second kappa shape index (κ2) is 4.59. The van der Waals surface area contributed by atoms with E-state index in [-0.39, 0.29) is 0 Å². The normalized spacial score (nSPS) is 19.4. The first-order chi connectivity index (χ1) is 9.21. The van der Waals surface area contributed by atoms with Crippen LogP contribution in [0.5, 0.6) is 5.75 Å². The first kappa shape index (κ1) is 14.5. The number of Topliss-reactive ketones (excluding diaryl/α,β-unsaturated/α-hetero) is 1. The number of amides is 1. The number of methoxy groups -OCH3 is 1. The Morgan fingerprint density at radius 2 is 1.80 bits per heavy atom. The standard InChI is InChI=1S/C13H15NO5S/c1-13(2)12(16)14(20(13,17)18)8-11(15)9-4-6-10(19-3)7-5-9/h4-7H,8H2,1-3H3. The SMILES string of the molecule is COc1ccc(C(=O)CN2C(=O)C(C)(C)S2(=O)=O)cc1. The summed E-state index contributed by atoms with van der Waals surface area (Å²) in [5.41, 5.74) is 0.332. The summed E-state index contributed by atoms with van der Waals surface area (Å²) in [5.74, 6) is -0.394. The molecular weight excluding hydrogens is 282 g/mol. The van der Waals surface area contributed by atoms with E-state index in [0.717, 1.165) is 0 Å². The van der Waals surface area contributed by atoms with Gasteiger partial charge in [-0.25, -0.2) is 12.7 Å². The highest BCUT2D eigenvalue weighted by Gasteiger charge is 2.60. The van der Waals surface area contributed by atoms with Gasteiger partial charge in [-0.3, -0.25) is 9.59 Å². The van der Waals surface area contributed by atoms with Crippen LogP contribution >= 0.6 is 0 Å². The highest BCUT2D eigenvalue weighted by atomic mass is 32.2. The molecule has 1 saturated heterocycles. The quantitative estimate of drug-likeness (QED) is 0.769. The van der Waals surface area contributed by atoms with E-state index in [2.05, 4.69) is 0 Å². The van der Waals surface area contributed by atoms with Gasteiger partial charge in [-0.05, 0) is 38.1 Å². The van der Waals surface area contributed by atoms with Crippen LogP contribution in [0, 0.1) is 0 Å². The van der Waals surface area contributed by atoms with Crippen molar-refractivity contribution in [2.24, 2.45) is 0 Å². The molecule has 1 amide bonds. The number of carbonyl (C=O) groups excluding carboxylic acids is 2. The minimum absolute atomic E-state index is 0.332. The third kappa shape index (κ3) is 1.98. The van der Waals surface area contributed by atoms with Crippen molar-refractivity contribution < 1.29 is 22.7 Å². The Kier molecular flexibility index (Phi) is 3.33. The van der Waals surface area contributed by atoms with Crippen LogP contribution in [0.3, 0.4) is 0 Å². The zero-order valence-corrected chi connectivity index (χ0v) is 12.2. The van der Waals surface area contributed by atoms with Crippen LogP contribution in [0.15, 0.2) is 24.3 Å². The van der Waals surface area contributed by atoms with Gasteiger partial charge in [0.05, 0.1) is 7.11 Å². The first-order valence-corrected chi connectivity index (χ1v) is 7.40. The monoisotopic (exact) mass is 297 g/mol. The van der Waals surface area contributed by atoms with E-state index in [1.165, 1.54) is 33.1 Å². The van der Waals surface area contributed by atoms with Gasteiger partial charge in [0, 0.05) is 5.56 Å². The number of nitrogens with zero attached hydrogens (tertiary/aromatic N) is 1. The van der Waals surface area contributed by atoms with Crippen LogP contribution < -0.4 is 4.74 Å². The average molecular weight is 297 g/mol. The minimum atomic E-state index is -3.73. The lowest BCUT2D eigenvalue weighted by atomic mass is 10.1. The van der Waals surface area contributed by atoms with Gasteiger partial charge in [-0.15, -0.1) is 0 Å². The number of ketones is 1. The molecule has 6 nitrogen and oxygen atoms in total. The van der Waals surface area contributed by atoms with E-state index >= 15 is 0 Å². The number of rotatable bonds is 4. The van der Waals surface area contributed by atoms with Crippen LogP contribution in [-0.2, 0) is 14.8 Å². The molecule has 0 aliphatic carbocycles. The first-order valence-electron chi connectivity index (χ1n) is 5.96. The van der Waals surface area contributed by atoms with E-state index in [0.29, 0.717) is 15.6 Å². The van der Waals surface area contributed by atoms with E-state index in [1.807, 2.05) is 0 Å². The molecule has 0 spiro atoms. The molecule has 1 aliphatic rings. The summed E-state index contributed by atoms with van der Waals surface area (Å²) in [4.78, 5) is 23.7. The zero-order valence-electron chi connectivity index (χ0n) is 11.4. The summed E-state index contributed by atoms with van der Waals surface area (Å²) < 4.78 is 27.9. The molecule has 1 aliphatic heterocycles. The predicted octanol–water partition coefficient (Wildman–Crippen LogP) is 0.828. The van der Waals surface area contributed by atoms with Crippen molar-refractivity contribution in [3.8, 4) is 5.75 Å². The van der Waals surface area contributed by atoms with Crippen LogP contribution in [0.25, 0.3) is 0 Å². The van der Waals surface area contributed by atoms with Crippen molar-refractivity contribution in [3.05, 3.63) is 29.8 Å². The van der Waals surface area contributed by atoms with Gasteiger partial charge in [0.15, 0.2) is 10.5 Å². The topological polar surface area (TPSA) is 80.8 Å². The van der Waals surface area contributed by atoms with Crippen LogP contribution in [0.4, 0.5) is 0 Å². The van der Waals surface area contributed by atoms with E-state index in [9.17, 15) is 18.0 Å². The number of hydrogen-bond donors (Lipinski definition) is 0. The average Bonchev–Trinajstić information content (AvgIpc) is 2.43. The van der Waals surface area contributed by atoms with Crippen molar-refractivity contribution in [1.29, 1.82) is 0 Å². The smallest absolute Gasteiger partial charge is 0.259 e. The molecule has 0 unspecified atom stereocenters. The lowest BCUT2D eigenvalue weighted by molar-refractivity contribution is -0.131. The van der Waals surface area contributed by atoms with Crippen LogP contribution in [0.1, 0.15) is 24.2 Å². The molecule has 20 heavy (non-hydrogen) atoms. The molecular formula is C13H15NO5S. The van der Waals surface area contributed by atoms with Crippen molar-refractivity contribution in [2.45, 2.75) is 18.6 Å². The highest BCUT2D eigenvalue weighted by molar-refractivity contribution is 7.94. The second-order valence-corrected chi connectivity index (χ2v) is 7.39. The minimum Gasteiger partial charge on any atom is -0.497 e. The molecule has 0 N–H and O–H groups in total. The molecule has 1 fully saturated rings. The maximum atomic E-state index is 12.0. The van der Waals surface area contributed by atoms with Gasteiger partial charge in [0.25, 0.3) is 15.9 Å². The second-order valence-electron chi connectivity index (χ2n) is 4.98. The summed E-state index contributed by atoms with van der Waals surface area (Å²) in [6.45, 7) is 2.20. The highest BCUT2D eigenvalue weighted by Crippen LogP contribution is 2.34. The Morgan fingerprint density at radius 1 is 1.25 bits per heavy atom.